The van der Waals surface area contributed by atoms with Crippen molar-refractivity contribution in [3.8, 4) is 0 Å². The van der Waals surface area contributed by atoms with Crippen LogP contribution in [0.4, 0.5) is 9.59 Å². The van der Waals surface area contributed by atoms with Crippen LogP contribution in [0.5, 0.6) is 0 Å². The molecule has 2 rings (SSSR count). The van der Waals surface area contributed by atoms with Gasteiger partial charge in [0.05, 0.1) is 0 Å². The zero-order valence-corrected chi connectivity index (χ0v) is 24.8. The summed E-state index contributed by atoms with van der Waals surface area (Å²) in [6, 6.07) is 15.0. The minimum atomic E-state index is -1.08. The van der Waals surface area contributed by atoms with Gasteiger partial charge in [0.1, 0.15) is 36.6 Å². The van der Waals surface area contributed by atoms with Gasteiger partial charge >= 0.3 is 12.2 Å². The van der Waals surface area contributed by atoms with Crippen molar-refractivity contribution in [3.05, 3.63) is 71.8 Å². The largest absolute Gasteiger partial charge is 0.445 e. The average molecular weight is 583 g/mol. The molecule has 0 heterocycles. The molecule has 11 heteroatoms. The Morgan fingerprint density at radius 2 is 1.36 bits per heavy atom. The van der Waals surface area contributed by atoms with Crippen molar-refractivity contribution in [2.24, 2.45) is 5.92 Å². The highest BCUT2D eigenvalue weighted by Crippen LogP contribution is 2.10. The third-order valence-electron chi connectivity index (χ3n) is 5.80. The van der Waals surface area contributed by atoms with Gasteiger partial charge in [0, 0.05) is 13.0 Å². The maximum Gasteiger partial charge on any atom is 0.408 e. The number of benzene rings is 2. The maximum absolute atomic E-state index is 13.4. The van der Waals surface area contributed by atoms with Crippen molar-refractivity contribution in [1.82, 2.24) is 21.3 Å². The number of hydrogen-bond acceptors (Lipinski definition) is 7. The minimum absolute atomic E-state index is 0.0339. The van der Waals surface area contributed by atoms with Crippen LogP contribution < -0.4 is 21.3 Å². The first-order chi connectivity index (χ1) is 19.9. The molecule has 11 nitrogen and oxygen atoms in total. The van der Waals surface area contributed by atoms with E-state index in [9.17, 15) is 24.0 Å². The van der Waals surface area contributed by atoms with E-state index < -0.39 is 47.7 Å². The van der Waals surface area contributed by atoms with Crippen LogP contribution in [0.3, 0.4) is 0 Å². The van der Waals surface area contributed by atoms with Crippen LogP contribution in [0.25, 0.3) is 0 Å². The molecule has 0 aromatic heterocycles. The van der Waals surface area contributed by atoms with Crippen LogP contribution in [-0.4, -0.2) is 60.6 Å². The summed E-state index contributed by atoms with van der Waals surface area (Å²) in [6.45, 7) is 8.73. The van der Waals surface area contributed by atoms with Gasteiger partial charge in [-0.2, -0.15) is 0 Å². The third kappa shape index (κ3) is 13.3. The van der Waals surface area contributed by atoms with Gasteiger partial charge in [0.15, 0.2) is 0 Å². The van der Waals surface area contributed by atoms with Crippen molar-refractivity contribution in [2.75, 3.05) is 6.54 Å². The molecule has 42 heavy (non-hydrogen) atoms. The van der Waals surface area contributed by atoms with E-state index in [1.165, 1.54) is 0 Å². The van der Waals surface area contributed by atoms with Gasteiger partial charge in [-0.25, -0.2) is 9.59 Å². The quantitative estimate of drug-likeness (QED) is 0.250. The van der Waals surface area contributed by atoms with Crippen LogP contribution in [0.15, 0.2) is 60.7 Å². The monoisotopic (exact) mass is 582 g/mol. The Kier molecular flexibility index (Phi) is 13.5. The molecule has 4 N–H and O–H groups in total. The van der Waals surface area contributed by atoms with Crippen LogP contribution >= 0.6 is 0 Å². The lowest BCUT2D eigenvalue weighted by Crippen LogP contribution is -2.57. The molecule has 0 bridgehead atoms. The Hall–Kier alpha value is -4.41. The van der Waals surface area contributed by atoms with E-state index in [1.54, 1.807) is 45.0 Å². The summed E-state index contributed by atoms with van der Waals surface area (Å²) in [4.78, 5) is 62.9. The number of carbonyl (C=O) groups is 5. The van der Waals surface area contributed by atoms with Gasteiger partial charge in [-0.1, -0.05) is 74.5 Å². The molecule has 0 radical (unpaired) electrons. The highest BCUT2D eigenvalue weighted by molar-refractivity contribution is 5.92. The number of amides is 4. The lowest BCUT2D eigenvalue weighted by Gasteiger charge is -2.25. The molecule has 2 aromatic carbocycles. The van der Waals surface area contributed by atoms with Gasteiger partial charge in [-0.05, 0) is 44.2 Å². The number of ether oxygens (including phenoxy) is 2. The number of hydrogen-bond donors (Lipinski definition) is 4. The summed E-state index contributed by atoms with van der Waals surface area (Å²) in [7, 11) is 0. The Morgan fingerprint density at radius 3 is 1.90 bits per heavy atom. The van der Waals surface area contributed by atoms with Crippen LogP contribution in [-0.2, 0) is 36.9 Å². The first-order valence-electron chi connectivity index (χ1n) is 13.9. The van der Waals surface area contributed by atoms with Crippen LogP contribution in [0.2, 0.25) is 0 Å². The van der Waals surface area contributed by atoms with Gasteiger partial charge in [0.25, 0.3) is 0 Å². The zero-order valence-electron chi connectivity index (χ0n) is 24.8. The predicted octanol–water partition coefficient (Wildman–Crippen LogP) is 3.26. The second kappa shape index (κ2) is 16.8. The van der Waals surface area contributed by atoms with Crippen molar-refractivity contribution < 1.29 is 33.4 Å². The lowest BCUT2D eigenvalue weighted by atomic mass is 10.0. The second-order valence-electron chi connectivity index (χ2n) is 11.3. The highest BCUT2D eigenvalue weighted by Gasteiger charge is 2.29. The van der Waals surface area contributed by atoms with E-state index >= 15 is 0 Å². The fourth-order valence-corrected chi connectivity index (χ4v) is 3.87. The van der Waals surface area contributed by atoms with Crippen molar-refractivity contribution in [1.29, 1.82) is 0 Å². The standard InChI is InChI=1S/C31H42N4O7/c1-21(2)16-25(35-30(40)41-20-23-14-10-7-11-15-23)28(38)34-26(17-22-12-8-6-9-13-22)27(37)33-24(19-36)18-32-29(39)42-31(3,4)5/h6-15,19,21,24-26H,16-18,20H2,1-5H3,(H,32,39)(H,33,37)(H,34,38)(H,35,40). The van der Waals surface area contributed by atoms with E-state index in [4.69, 9.17) is 9.47 Å². The van der Waals surface area contributed by atoms with E-state index in [2.05, 4.69) is 21.3 Å². The molecule has 0 fully saturated rings. The predicted molar refractivity (Wildman–Crippen MR) is 157 cm³/mol. The molecular formula is C31H42N4O7. The number of nitrogens with one attached hydrogen (secondary N) is 4. The van der Waals surface area contributed by atoms with Gasteiger partial charge in [-0.3, -0.25) is 9.59 Å². The summed E-state index contributed by atoms with van der Waals surface area (Å²) in [5.41, 5.74) is 0.829. The zero-order chi connectivity index (χ0) is 31.1. The first-order valence-corrected chi connectivity index (χ1v) is 13.9. The molecule has 0 spiro atoms. The SMILES string of the molecule is CC(C)CC(NC(=O)OCc1ccccc1)C(=O)NC(Cc1ccccc1)C(=O)NC(C=O)CNC(=O)OC(C)(C)C. The summed E-state index contributed by atoms with van der Waals surface area (Å²) >= 11 is 0. The second-order valence-corrected chi connectivity index (χ2v) is 11.3. The fourth-order valence-electron chi connectivity index (χ4n) is 3.87. The molecule has 0 aliphatic rings. The molecule has 0 saturated carbocycles. The van der Waals surface area contributed by atoms with Crippen LogP contribution in [0.1, 0.15) is 52.2 Å². The van der Waals surface area contributed by atoms with E-state index in [-0.39, 0.29) is 25.5 Å². The number of aldehydes is 1. The Morgan fingerprint density at radius 1 is 0.786 bits per heavy atom. The Balaban J connectivity index is 2.11. The van der Waals surface area contributed by atoms with Crippen molar-refractivity contribution in [3.63, 3.8) is 0 Å². The normalized spacial score (nSPS) is 13.2. The molecule has 4 amide bonds. The minimum Gasteiger partial charge on any atom is -0.445 e. The summed E-state index contributed by atoms with van der Waals surface area (Å²) in [5, 5.41) is 10.4. The van der Waals surface area contributed by atoms with E-state index in [0.717, 1.165) is 11.1 Å². The number of carbonyl (C=O) groups excluding carboxylic acids is 5. The average Bonchev–Trinajstić information content (AvgIpc) is 2.93. The summed E-state index contributed by atoms with van der Waals surface area (Å²) in [6.07, 6.45) is -0.598. The molecule has 0 saturated heterocycles. The fraction of sp³-hybridized carbons (Fsp3) is 0.452. The molecular weight excluding hydrogens is 540 g/mol. The van der Waals surface area contributed by atoms with Gasteiger partial charge in [0.2, 0.25) is 11.8 Å². The number of rotatable bonds is 14. The van der Waals surface area contributed by atoms with E-state index in [0.29, 0.717) is 12.7 Å². The highest BCUT2D eigenvalue weighted by atomic mass is 16.6. The Labute approximate surface area is 247 Å². The molecule has 3 unspecified atom stereocenters. The van der Waals surface area contributed by atoms with E-state index in [1.807, 2.05) is 50.2 Å². The molecule has 3 atom stereocenters. The molecule has 2 aromatic rings. The summed E-state index contributed by atoms with van der Waals surface area (Å²) in [5.74, 6) is -1.17. The smallest absolute Gasteiger partial charge is 0.408 e. The Bertz CT molecular complexity index is 1170. The summed E-state index contributed by atoms with van der Waals surface area (Å²) < 4.78 is 10.5. The van der Waals surface area contributed by atoms with Crippen molar-refractivity contribution in [2.45, 2.75) is 77.8 Å². The van der Waals surface area contributed by atoms with Crippen LogP contribution in [0, 0.1) is 5.92 Å². The maximum atomic E-state index is 13.4. The number of alkyl carbamates (subject to hydrolysis) is 2. The molecule has 228 valence electrons. The molecule has 0 aliphatic carbocycles. The van der Waals surface area contributed by atoms with Crippen molar-refractivity contribution >= 4 is 30.3 Å². The van der Waals surface area contributed by atoms with Gasteiger partial charge < -0.3 is 35.5 Å². The van der Waals surface area contributed by atoms with Gasteiger partial charge in [-0.15, -0.1) is 0 Å². The molecule has 0 aliphatic heterocycles. The lowest BCUT2D eigenvalue weighted by molar-refractivity contribution is -0.131. The topological polar surface area (TPSA) is 152 Å². The first kappa shape index (κ1) is 33.8. The third-order valence-corrected chi connectivity index (χ3v) is 5.80.